The Hall–Kier alpha value is -4.41. The molecule has 1 aromatic carbocycles. The van der Waals surface area contributed by atoms with E-state index in [-0.39, 0.29) is 17.9 Å². The van der Waals surface area contributed by atoms with Gasteiger partial charge >= 0.3 is 0 Å². The third kappa shape index (κ3) is 5.31. The molecule has 4 atom stereocenters. The molecule has 1 fully saturated rings. The molecule has 0 aliphatic carbocycles. The number of pyridine rings is 1. The Kier molecular flexibility index (Phi) is 7.25. The van der Waals surface area contributed by atoms with E-state index in [1.807, 2.05) is 35.3 Å². The fraction of sp³-hybridized carbons (Fsp3) is 0.269. The highest BCUT2D eigenvalue weighted by molar-refractivity contribution is 5.81. The predicted octanol–water partition coefficient (Wildman–Crippen LogP) is 0.803. The summed E-state index contributed by atoms with van der Waals surface area (Å²) in [6.07, 6.45) is 2.53. The van der Waals surface area contributed by atoms with Crippen LogP contribution in [0, 0.1) is 11.3 Å². The Bertz CT molecular complexity index is 1540. The molecule has 0 radical (unpaired) electrons. The Morgan fingerprint density at radius 1 is 1.16 bits per heavy atom. The molecule has 0 saturated carbocycles. The second kappa shape index (κ2) is 10.9. The molecule has 12 nitrogen and oxygen atoms in total. The maximum Gasteiger partial charge on any atom is 0.248 e. The maximum atomic E-state index is 11.8. The normalized spacial score (nSPS) is 21.4. The third-order valence-electron chi connectivity index (χ3n) is 6.37. The van der Waals surface area contributed by atoms with Crippen molar-refractivity contribution in [1.82, 2.24) is 29.4 Å². The van der Waals surface area contributed by atoms with Gasteiger partial charge in [0.1, 0.15) is 30.2 Å². The highest BCUT2D eigenvalue weighted by Crippen LogP contribution is 2.32. The summed E-state index contributed by atoms with van der Waals surface area (Å²) in [6.45, 7) is 1.09. The Balaban J connectivity index is 1.34. The van der Waals surface area contributed by atoms with Crippen LogP contribution in [0.2, 0.25) is 0 Å². The minimum atomic E-state index is -1.24. The van der Waals surface area contributed by atoms with Gasteiger partial charge in [0.15, 0.2) is 17.7 Å². The Morgan fingerprint density at radius 3 is 2.74 bits per heavy atom. The van der Waals surface area contributed by atoms with Crippen molar-refractivity contribution < 1.29 is 14.9 Å². The summed E-state index contributed by atoms with van der Waals surface area (Å²) in [5.74, 6) is 0.204. The van der Waals surface area contributed by atoms with E-state index in [0.29, 0.717) is 35.5 Å². The second-order valence-electron chi connectivity index (χ2n) is 9.00. The molecule has 4 aromatic rings. The van der Waals surface area contributed by atoms with Gasteiger partial charge in [0, 0.05) is 31.4 Å². The minimum absolute atomic E-state index is 0.204. The zero-order valence-electron chi connectivity index (χ0n) is 20.3. The number of aliphatic hydroxyl groups is 2. The van der Waals surface area contributed by atoms with Gasteiger partial charge in [-0.15, -0.1) is 0 Å². The molecule has 4 heterocycles. The lowest BCUT2D eigenvalue weighted by Gasteiger charge is -2.25. The summed E-state index contributed by atoms with van der Waals surface area (Å²) < 4.78 is 7.65. The molecular weight excluding hydrogens is 488 g/mol. The first-order valence-electron chi connectivity index (χ1n) is 11.9. The van der Waals surface area contributed by atoms with E-state index in [4.69, 9.17) is 15.7 Å². The van der Waals surface area contributed by atoms with Crippen molar-refractivity contribution >= 4 is 23.1 Å². The summed E-state index contributed by atoms with van der Waals surface area (Å²) in [7, 11) is 0. The van der Waals surface area contributed by atoms with Crippen LogP contribution in [-0.4, -0.2) is 71.0 Å². The predicted molar refractivity (Wildman–Crippen MR) is 138 cm³/mol. The average Bonchev–Trinajstić information content (AvgIpc) is 3.46. The number of anilines is 1. The summed E-state index contributed by atoms with van der Waals surface area (Å²) in [5, 5.41) is 30.7. The monoisotopic (exact) mass is 514 g/mol. The first-order valence-corrected chi connectivity index (χ1v) is 11.9. The summed E-state index contributed by atoms with van der Waals surface area (Å²) >= 11 is 0. The van der Waals surface area contributed by atoms with Gasteiger partial charge in [0.2, 0.25) is 5.56 Å². The van der Waals surface area contributed by atoms with E-state index >= 15 is 0 Å². The van der Waals surface area contributed by atoms with Crippen molar-refractivity contribution in [3.05, 3.63) is 88.4 Å². The highest BCUT2D eigenvalue weighted by Gasteiger charge is 2.44. The van der Waals surface area contributed by atoms with Gasteiger partial charge in [-0.05, 0) is 23.8 Å². The number of nitrogens with zero attached hydrogens (tertiary/aromatic N) is 6. The Labute approximate surface area is 217 Å². The van der Waals surface area contributed by atoms with Gasteiger partial charge < -0.3 is 25.7 Å². The maximum absolute atomic E-state index is 11.8. The molecule has 0 unspecified atom stereocenters. The molecule has 194 valence electrons. The summed E-state index contributed by atoms with van der Waals surface area (Å²) in [6, 6.07) is 14.2. The molecule has 1 aliphatic heterocycles. The van der Waals surface area contributed by atoms with Crippen LogP contribution in [0.25, 0.3) is 17.2 Å². The van der Waals surface area contributed by atoms with Crippen LogP contribution in [0.3, 0.4) is 0 Å². The Morgan fingerprint density at radius 2 is 1.97 bits per heavy atom. The summed E-state index contributed by atoms with van der Waals surface area (Å²) in [4.78, 5) is 29.0. The molecule has 3 aromatic heterocycles. The first kappa shape index (κ1) is 25.2. The molecule has 0 spiro atoms. The van der Waals surface area contributed by atoms with Gasteiger partial charge in [-0.2, -0.15) is 5.26 Å². The van der Waals surface area contributed by atoms with Gasteiger partial charge in [0.25, 0.3) is 0 Å². The van der Waals surface area contributed by atoms with E-state index in [2.05, 4.69) is 26.0 Å². The van der Waals surface area contributed by atoms with Crippen LogP contribution < -0.4 is 11.3 Å². The second-order valence-corrected chi connectivity index (χ2v) is 9.00. The number of fused-ring (bicyclic) bond motifs is 1. The number of imidazole rings is 1. The smallest absolute Gasteiger partial charge is 0.248 e. The molecule has 1 aliphatic rings. The van der Waals surface area contributed by atoms with Crippen LogP contribution in [0.15, 0.2) is 66.0 Å². The van der Waals surface area contributed by atoms with E-state index < -0.39 is 24.5 Å². The number of rotatable bonds is 8. The molecule has 5 N–H and O–H groups in total. The average molecular weight is 515 g/mol. The fourth-order valence-electron chi connectivity index (χ4n) is 4.46. The standard InChI is InChI=1S/C26H26N8O4/c27-11-17-8-6-16(7-9-17)3-2-10-33(12-18-4-1-5-20(35)32-18)13-19-22(36)23(37)26(38-19)34-15-31-21-24(28)29-14-30-25(21)34/h1-9,14-15,19,22-23,26,36-37H,10,12-13H2,(H,32,35)(H2,28,29,30)/b3-2+/t19-,22-,23-,26-/m1/s1. The van der Waals surface area contributed by atoms with Crippen molar-refractivity contribution in [3.63, 3.8) is 0 Å². The van der Waals surface area contributed by atoms with Crippen molar-refractivity contribution in [2.45, 2.75) is 31.1 Å². The largest absolute Gasteiger partial charge is 0.387 e. The SMILES string of the molecule is N#Cc1ccc(/C=C/CN(Cc2cccc(=O)[nH]2)C[C@H]2O[C@@H](n3cnc4c(N)ncnc43)[C@H](O)[C@@H]2O)cc1. The highest BCUT2D eigenvalue weighted by atomic mass is 16.6. The van der Waals surface area contributed by atoms with Crippen molar-refractivity contribution in [2.75, 3.05) is 18.8 Å². The number of nitrogens with two attached hydrogens (primary N) is 1. The summed E-state index contributed by atoms with van der Waals surface area (Å²) in [5.41, 5.74) is 8.64. The van der Waals surface area contributed by atoms with E-state index in [9.17, 15) is 15.0 Å². The number of nitrogen functional groups attached to an aromatic ring is 1. The van der Waals surface area contributed by atoms with Crippen LogP contribution in [0.4, 0.5) is 5.82 Å². The first-order chi connectivity index (χ1) is 18.4. The third-order valence-corrected chi connectivity index (χ3v) is 6.37. The van der Waals surface area contributed by atoms with Gasteiger partial charge in [0.05, 0.1) is 18.0 Å². The van der Waals surface area contributed by atoms with E-state index in [0.717, 1.165) is 5.56 Å². The zero-order valence-corrected chi connectivity index (χ0v) is 20.3. The van der Waals surface area contributed by atoms with E-state index in [1.165, 1.54) is 23.3 Å². The zero-order chi connectivity index (χ0) is 26.6. The number of aliphatic hydroxyl groups excluding tert-OH is 2. The van der Waals surface area contributed by atoms with Crippen molar-refractivity contribution in [3.8, 4) is 6.07 Å². The molecular formula is C26H26N8O4. The fourth-order valence-corrected chi connectivity index (χ4v) is 4.46. The molecule has 0 bridgehead atoms. The lowest BCUT2D eigenvalue weighted by molar-refractivity contribution is -0.0440. The van der Waals surface area contributed by atoms with Gasteiger partial charge in [-0.3, -0.25) is 14.3 Å². The number of nitriles is 1. The van der Waals surface area contributed by atoms with Crippen LogP contribution in [0.5, 0.6) is 0 Å². The van der Waals surface area contributed by atoms with Gasteiger partial charge in [-0.25, -0.2) is 15.0 Å². The number of H-pyrrole nitrogens is 1. The quantitative estimate of drug-likeness (QED) is 0.263. The molecule has 12 heteroatoms. The van der Waals surface area contributed by atoms with Crippen molar-refractivity contribution in [1.29, 1.82) is 5.26 Å². The van der Waals surface area contributed by atoms with E-state index in [1.54, 1.807) is 18.2 Å². The lowest BCUT2D eigenvalue weighted by atomic mass is 10.1. The number of hydrogen-bond donors (Lipinski definition) is 4. The topological polar surface area (TPSA) is 179 Å². The lowest BCUT2D eigenvalue weighted by Crippen LogP contribution is -2.40. The number of ether oxygens (including phenoxy) is 1. The number of nitrogens with one attached hydrogen (secondary N) is 1. The van der Waals surface area contributed by atoms with Crippen molar-refractivity contribution in [2.24, 2.45) is 0 Å². The van der Waals surface area contributed by atoms with Crippen LogP contribution >= 0.6 is 0 Å². The minimum Gasteiger partial charge on any atom is -0.387 e. The molecule has 38 heavy (non-hydrogen) atoms. The van der Waals surface area contributed by atoms with Crippen LogP contribution in [-0.2, 0) is 11.3 Å². The van der Waals surface area contributed by atoms with Crippen LogP contribution in [0.1, 0.15) is 23.0 Å². The number of aromatic amines is 1. The number of benzene rings is 1. The molecule has 0 amide bonds. The number of hydrogen-bond acceptors (Lipinski definition) is 10. The van der Waals surface area contributed by atoms with Gasteiger partial charge in [-0.1, -0.05) is 30.4 Å². The molecule has 5 rings (SSSR count). The molecule has 1 saturated heterocycles. The number of aromatic nitrogens is 5.